The molecule has 2 N–H and O–H groups in total. The number of hydrogen-bond donors (Lipinski definition) is 1. The highest BCUT2D eigenvalue weighted by atomic mass is 16.1. The van der Waals surface area contributed by atoms with Crippen molar-refractivity contribution in [3.05, 3.63) is 69.8 Å². The molecule has 0 heterocycles. The summed E-state index contributed by atoms with van der Waals surface area (Å²) in [5, 5.41) is 0. The van der Waals surface area contributed by atoms with Gasteiger partial charge in [-0.1, -0.05) is 77.9 Å². The van der Waals surface area contributed by atoms with Gasteiger partial charge in [-0.05, 0) is 57.9 Å². The molecule has 0 saturated carbocycles. The summed E-state index contributed by atoms with van der Waals surface area (Å²) in [5.74, 6) is 0.306. The van der Waals surface area contributed by atoms with Crippen molar-refractivity contribution in [3.63, 3.8) is 0 Å². The third kappa shape index (κ3) is 4.38. The second-order valence-corrected chi connectivity index (χ2v) is 10.4. The van der Waals surface area contributed by atoms with E-state index >= 15 is 0 Å². The van der Waals surface area contributed by atoms with Crippen molar-refractivity contribution in [3.8, 4) is 0 Å². The number of Topliss-reactive ketones (excluding diaryl/α,β-unsaturated/α-hetero) is 1. The number of hydrogen-bond acceptors (Lipinski definition) is 2. The Labute approximate surface area is 170 Å². The molecule has 0 saturated heterocycles. The molecule has 2 aromatic rings. The Morgan fingerprint density at radius 2 is 1.36 bits per heavy atom. The molecule has 2 aliphatic rings. The molecule has 0 aliphatic heterocycles. The highest BCUT2D eigenvalue weighted by Gasteiger charge is 2.23. The van der Waals surface area contributed by atoms with Crippen molar-refractivity contribution in [2.24, 2.45) is 5.73 Å². The minimum absolute atomic E-state index is 0.181. The van der Waals surface area contributed by atoms with E-state index in [1.54, 1.807) is 0 Å². The highest BCUT2D eigenvalue weighted by Crippen LogP contribution is 2.33. The molecular formula is C26H35NO. The lowest BCUT2D eigenvalue weighted by Crippen LogP contribution is -2.12. The van der Waals surface area contributed by atoms with Gasteiger partial charge in [-0.2, -0.15) is 0 Å². The van der Waals surface area contributed by atoms with Gasteiger partial charge < -0.3 is 5.73 Å². The number of carbonyl (C=O) groups excluding carboxylic acids is 1. The average molecular weight is 378 g/mol. The summed E-state index contributed by atoms with van der Waals surface area (Å²) in [5.41, 5.74) is 14.2. The van der Waals surface area contributed by atoms with Crippen LogP contribution in [0.25, 0.3) is 0 Å². The lowest BCUT2D eigenvalue weighted by Gasteiger charge is -2.20. The summed E-state index contributed by atoms with van der Waals surface area (Å²) >= 11 is 0. The first-order chi connectivity index (χ1) is 13.0. The summed E-state index contributed by atoms with van der Waals surface area (Å²) in [6.45, 7) is 13.4. The van der Waals surface area contributed by atoms with Crippen molar-refractivity contribution in [2.45, 2.75) is 84.1 Å². The predicted octanol–water partition coefficient (Wildman–Crippen LogP) is 6.04. The number of ketones is 1. The zero-order valence-corrected chi connectivity index (χ0v) is 18.4. The Morgan fingerprint density at radius 1 is 0.786 bits per heavy atom. The minimum Gasteiger partial charge on any atom is -0.324 e. The monoisotopic (exact) mass is 377 g/mol. The van der Waals surface area contributed by atoms with Crippen LogP contribution in [-0.2, 0) is 23.7 Å². The molecule has 0 aromatic heterocycles. The van der Waals surface area contributed by atoms with Crippen LogP contribution < -0.4 is 5.73 Å². The molecule has 28 heavy (non-hydrogen) atoms. The number of aryl methyl sites for hydroxylation is 2. The van der Waals surface area contributed by atoms with E-state index in [-0.39, 0.29) is 16.9 Å². The van der Waals surface area contributed by atoms with Gasteiger partial charge >= 0.3 is 0 Å². The molecule has 1 unspecified atom stereocenters. The molecule has 0 radical (unpaired) electrons. The molecule has 2 aliphatic carbocycles. The van der Waals surface area contributed by atoms with E-state index in [4.69, 9.17) is 5.73 Å². The van der Waals surface area contributed by atoms with E-state index in [9.17, 15) is 4.79 Å². The molecule has 2 nitrogen and oxygen atoms in total. The number of rotatable bonds is 0. The van der Waals surface area contributed by atoms with Crippen molar-refractivity contribution in [1.82, 2.24) is 0 Å². The minimum atomic E-state index is 0.181. The van der Waals surface area contributed by atoms with Crippen LogP contribution in [-0.4, -0.2) is 5.78 Å². The van der Waals surface area contributed by atoms with E-state index in [1.807, 2.05) is 6.07 Å². The molecule has 4 rings (SSSR count). The fourth-order valence-corrected chi connectivity index (χ4v) is 4.04. The molecule has 0 spiro atoms. The number of nitrogens with two attached hydrogens (primary N) is 1. The van der Waals surface area contributed by atoms with E-state index in [2.05, 4.69) is 71.9 Å². The second kappa shape index (κ2) is 7.48. The van der Waals surface area contributed by atoms with Crippen molar-refractivity contribution < 1.29 is 4.79 Å². The number of benzene rings is 2. The standard InChI is InChI=1S/C13H19N.C13H16O/c2*1-13(2,3)10-5-6-11-9(8-10)4-7-12(11)14/h5-6,8,12H,4,7,14H2,1-3H3;5-6,8H,4,7H2,1-3H3. The lowest BCUT2D eigenvalue weighted by molar-refractivity contribution is 0.0994. The molecular weight excluding hydrogens is 342 g/mol. The van der Waals surface area contributed by atoms with Gasteiger partial charge in [-0.25, -0.2) is 0 Å². The maximum atomic E-state index is 11.4. The predicted molar refractivity (Wildman–Crippen MR) is 118 cm³/mol. The third-order valence-electron chi connectivity index (χ3n) is 6.03. The zero-order chi connectivity index (χ0) is 20.7. The number of carbonyl (C=O) groups is 1. The average Bonchev–Trinajstić information content (AvgIpc) is 3.17. The van der Waals surface area contributed by atoms with E-state index in [0.29, 0.717) is 12.2 Å². The Balaban J connectivity index is 0.000000161. The lowest BCUT2D eigenvalue weighted by atomic mass is 9.85. The van der Waals surface area contributed by atoms with E-state index in [1.165, 1.54) is 27.8 Å². The molecule has 150 valence electrons. The van der Waals surface area contributed by atoms with Crippen LogP contribution in [0, 0.1) is 0 Å². The van der Waals surface area contributed by atoms with Gasteiger partial charge in [0.2, 0.25) is 0 Å². The Bertz CT molecular complexity index is 880. The summed E-state index contributed by atoms with van der Waals surface area (Å²) in [7, 11) is 0. The van der Waals surface area contributed by atoms with Gasteiger partial charge in [0.25, 0.3) is 0 Å². The third-order valence-corrected chi connectivity index (χ3v) is 6.03. The SMILES string of the molecule is CC(C)(C)c1ccc2c(c1)CCC2=O.CC(C)(C)c1ccc2c(c1)CCC2N. The first-order valence-corrected chi connectivity index (χ1v) is 10.5. The first-order valence-electron chi connectivity index (χ1n) is 10.5. The molecule has 1 atom stereocenters. The quantitative estimate of drug-likeness (QED) is 0.608. The maximum absolute atomic E-state index is 11.4. The van der Waals surface area contributed by atoms with Crippen LogP contribution in [0.15, 0.2) is 36.4 Å². The summed E-state index contributed by atoms with van der Waals surface area (Å²) in [6, 6.07) is 13.3. The second-order valence-electron chi connectivity index (χ2n) is 10.4. The first kappa shape index (κ1) is 20.8. The Hall–Kier alpha value is -1.93. The number of fused-ring (bicyclic) bond motifs is 2. The molecule has 0 fully saturated rings. The van der Waals surface area contributed by atoms with Gasteiger partial charge in [0.05, 0.1) is 0 Å². The molecule has 2 heteroatoms. The topological polar surface area (TPSA) is 43.1 Å². The van der Waals surface area contributed by atoms with Crippen LogP contribution >= 0.6 is 0 Å². The fourth-order valence-electron chi connectivity index (χ4n) is 4.04. The largest absolute Gasteiger partial charge is 0.324 e. The van der Waals surface area contributed by atoms with Gasteiger partial charge in [0.15, 0.2) is 5.78 Å². The van der Waals surface area contributed by atoms with Gasteiger partial charge in [0, 0.05) is 18.0 Å². The fraction of sp³-hybridized carbons (Fsp3) is 0.500. The Morgan fingerprint density at radius 3 is 1.96 bits per heavy atom. The molecule has 0 bridgehead atoms. The van der Waals surface area contributed by atoms with Crippen molar-refractivity contribution in [2.75, 3.05) is 0 Å². The molecule has 0 amide bonds. The van der Waals surface area contributed by atoms with E-state index in [0.717, 1.165) is 24.8 Å². The van der Waals surface area contributed by atoms with Gasteiger partial charge in [0.1, 0.15) is 0 Å². The van der Waals surface area contributed by atoms with Crippen molar-refractivity contribution in [1.29, 1.82) is 0 Å². The molecule has 2 aromatic carbocycles. The van der Waals surface area contributed by atoms with Gasteiger partial charge in [-0.3, -0.25) is 4.79 Å². The zero-order valence-electron chi connectivity index (χ0n) is 18.4. The summed E-state index contributed by atoms with van der Waals surface area (Å²) in [6.07, 6.45) is 3.89. The van der Waals surface area contributed by atoms with Crippen LogP contribution in [0.2, 0.25) is 0 Å². The van der Waals surface area contributed by atoms with Gasteiger partial charge in [-0.15, -0.1) is 0 Å². The maximum Gasteiger partial charge on any atom is 0.163 e. The van der Waals surface area contributed by atoms with Crippen LogP contribution in [0.3, 0.4) is 0 Å². The highest BCUT2D eigenvalue weighted by molar-refractivity contribution is 6.00. The smallest absolute Gasteiger partial charge is 0.163 e. The van der Waals surface area contributed by atoms with Crippen LogP contribution in [0.5, 0.6) is 0 Å². The normalized spacial score (nSPS) is 18.4. The van der Waals surface area contributed by atoms with Crippen molar-refractivity contribution >= 4 is 5.78 Å². The van der Waals surface area contributed by atoms with E-state index < -0.39 is 0 Å². The van der Waals surface area contributed by atoms with Crippen LogP contribution in [0.4, 0.5) is 0 Å². The summed E-state index contributed by atoms with van der Waals surface area (Å²) in [4.78, 5) is 11.4. The summed E-state index contributed by atoms with van der Waals surface area (Å²) < 4.78 is 0. The van der Waals surface area contributed by atoms with Crippen LogP contribution in [0.1, 0.15) is 98.6 Å². The Kier molecular flexibility index (Phi) is 5.55.